The molecule has 0 aliphatic rings. The third-order valence-electron chi connectivity index (χ3n) is 3.36. The minimum atomic E-state index is -0.652. The number of nitrogens with two attached hydrogens (primary N) is 1. The lowest BCUT2D eigenvalue weighted by Gasteiger charge is -2.14. The second kappa shape index (κ2) is 6.18. The number of carbonyl (C=O) groups is 2. The van der Waals surface area contributed by atoms with Gasteiger partial charge in [-0.1, -0.05) is 11.6 Å². The summed E-state index contributed by atoms with van der Waals surface area (Å²) in [5, 5.41) is 11.2. The van der Waals surface area contributed by atoms with E-state index in [0.29, 0.717) is 17.3 Å². The number of aromatic nitrogens is 4. The van der Waals surface area contributed by atoms with Gasteiger partial charge in [0.1, 0.15) is 11.7 Å². The molecule has 2 aromatic heterocycles. The zero-order valence-corrected chi connectivity index (χ0v) is 13.3. The number of amides is 2. The number of aryl methyl sites for hydroxylation is 1. The molecule has 0 saturated heterocycles. The minimum absolute atomic E-state index is 0.165. The van der Waals surface area contributed by atoms with Crippen LogP contribution >= 0.6 is 11.6 Å². The van der Waals surface area contributed by atoms with Crippen molar-refractivity contribution < 1.29 is 9.59 Å². The Balaban J connectivity index is 2.24. The summed E-state index contributed by atoms with van der Waals surface area (Å²) < 4.78 is 2.94. The van der Waals surface area contributed by atoms with Crippen LogP contribution in [0.3, 0.4) is 0 Å². The van der Waals surface area contributed by atoms with Crippen LogP contribution in [-0.2, 0) is 11.3 Å². The molecule has 0 spiro atoms. The minimum Gasteiger partial charge on any atom is -0.364 e. The highest BCUT2D eigenvalue weighted by molar-refractivity contribution is 6.31. The molecular weight excluding hydrogens is 308 g/mol. The molecule has 0 radical (unpaired) electrons. The largest absolute Gasteiger partial charge is 0.364 e. The molecule has 0 aliphatic heterocycles. The van der Waals surface area contributed by atoms with E-state index < -0.39 is 11.9 Å². The number of rotatable bonds is 5. The Morgan fingerprint density at radius 3 is 2.59 bits per heavy atom. The van der Waals surface area contributed by atoms with Crippen molar-refractivity contribution in [1.82, 2.24) is 19.6 Å². The van der Waals surface area contributed by atoms with E-state index in [1.807, 2.05) is 6.92 Å². The number of hydrogen-bond acceptors (Lipinski definition) is 4. The molecule has 22 heavy (non-hydrogen) atoms. The second-order valence-corrected chi connectivity index (χ2v) is 5.18. The average molecular weight is 325 g/mol. The first-order valence-corrected chi connectivity index (χ1v) is 7.10. The maximum absolute atomic E-state index is 12.3. The fourth-order valence-corrected chi connectivity index (χ4v) is 2.25. The van der Waals surface area contributed by atoms with Gasteiger partial charge in [0, 0.05) is 6.54 Å². The van der Waals surface area contributed by atoms with Crippen LogP contribution in [0.25, 0.3) is 0 Å². The molecule has 8 nitrogen and oxygen atoms in total. The lowest BCUT2D eigenvalue weighted by molar-refractivity contribution is -0.119. The van der Waals surface area contributed by atoms with Crippen LogP contribution in [0.4, 0.5) is 5.69 Å². The van der Waals surface area contributed by atoms with Crippen LogP contribution < -0.4 is 11.1 Å². The van der Waals surface area contributed by atoms with Crippen LogP contribution in [0, 0.1) is 6.92 Å². The zero-order valence-electron chi connectivity index (χ0n) is 12.5. The first kappa shape index (κ1) is 16.0. The highest BCUT2D eigenvalue weighted by atomic mass is 35.5. The number of halogens is 1. The number of primary amides is 1. The summed E-state index contributed by atoms with van der Waals surface area (Å²) in [6.45, 7) is 5.74. The Hall–Kier alpha value is -2.35. The fraction of sp³-hybridized carbons (Fsp3) is 0.385. The molecule has 0 bridgehead atoms. The van der Waals surface area contributed by atoms with Crippen molar-refractivity contribution in [2.24, 2.45) is 5.73 Å². The Kier molecular flexibility index (Phi) is 4.51. The highest BCUT2D eigenvalue weighted by Crippen LogP contribution is 2.20. The first-order valence-electron chi connectivity index (χ1n) is 6.72. The van der Waals surface area contributed by atoms with Gasteiger partial charge in [0.15, 0.2) is 0 Å². The molecule has 2 aromatic rings. The van der Waals surface area contributed by atoms with E-state index in [4.69, 9.17) is 17.3 Å². The van der Waals surface area contributed by atoms with Crippen molar-refractivity contribution >= 4 is 29.1 Å². The Labute approximate surface area is 132 Å². The van der Waals surface area contributed by atoms with Crippen molar-refractivity contribution in [2.45, 2.75) is 33.4 Å². The maximum atomic E-state index is 12.3. The second-order valence-electron chi connectivity index (χ2n) is 4.77. The Bertz CT molecular complexity index is 720. The summed E-state index contributed by atoms with van der Waals surface area (Å²) in [4.78, 5) is 23.9. The molecule has 0 aromatic carbocycles. The summed E-state index contributed by atoms with van der Waals surface area (Å²) in [5.74, 6) is -0.998. The molecule has 0 fully saturated rings. The number of anilines is 1. The summed E-state index contributed by atoms with van der Waals surface area (Å²) in [6, 6.07) is -0.599. The number of carbonyl (C=O) groups excluding carboxylic acids is 2. The van der Waals surface area contributed by atoms with Gasteiger partial charge in [-0.05, 0) is 20.8 Å². The monoisotopic (exact) mass is 324 g/mol. The zero-order chi connectivity index (χ0) is 16.4. The van der Waals surface area contributed by atoms with Crippen molar-refractivity contribution in [2.75, 3.05) is 5.32 Å². The Morgan fingerprint density at radius 1 is 1.41 bits per heavy atom. The smallest absolute Gasteiger partial charge is 0.269 e. The predicted molar refractivity (Wildman–Crippen MR) is 81.7 cm³/mol. The molecule has 118 valence electrons. The van der Waals surface area contributed by atoms with Gasteiger partial charge >= 0.3 is 0 Å². The molecule has 9 heteroatoms. The SMILES string of the molecule is CCn1ncc(NC(=O)[C@@H](C)n2ncc(Cl)c2C)c1C(N)=O. The highest BCUT2D eigenvalue weighted by Gasteiger charge is 2.22. The molecule has 0 saturated carbocycles. The lowest BCUT2D eigenvalue weighted by Crippen LogP contribution is -2.27. The van der Waals surface area contributed by atoms with E-state index >= 15 is 0 Å². The topological polar surface area (TPSA) is 108 Å². The third kappa shape index (κ3) is 2.82. The molecule has 1 atom stereocenters. The molecular formula is C13H17ClN6O2. The molecule has 2 rings (SSSR count). The predicted octanol–water partition coefficient (Wildman–Crippen LogP) is 1.36. The van der Waals surface area contributed by atoms with Crippen LogP contribution in [-0.4, -0.2) is 31.4 Å². The van der Waals surface area contributed by atoms with E-state index in [1.165, 1.54) is 21.8 Å². The van der Waals surface area contributed by atoms with Crippen molar-refractivity contribution in [1.29, 1.82) is 0 Å². The van der Waals surface area contributed by atoms with Gasteiger partial charge < -0.3 is 11.1 Å². The van der Waals surface area contributed by atoms with Gasteiger partial charge in [-0.15, -0.1) is 0 Å². The average Bonchev–Trinajstić information content (AvgIpc) is 3.02. The van der Waals surface area contributed by atoms with Gasteiger partial charge in [0.25, 0.3) is 5.91 Å². The molecule has 2 amide bonds. The van der Waals surface area contributed by atoms with Gasteiger partial charge in [-0.3, -0.25) is 19.0 Å². The molecule has 3 N–H and O–H groups in total. The van der Waals surface area contributed by atoms with Crippen LogP contribution in [0.2, 0.25) is 5.02 Å². The molecule has 2 heterocycles. The fourth-order valence-electron chi connectivity index (χ4n) is 2.12. The van der Waals surface area contributed by atoms with Gasteiger partial charge in [0.2, 0.25) is 5.91 Å². The first-order chi connectivity index (χ1) is 10.4. The van der Waals surface area contributed by atoms with E-state index in [0.717, 1.165) is 0 Å². The van der Waals surface area contributed by atoms with E-state index in [1.54, 1.807) is 13.8 Å². The number of nitrogens with one attached hydrogen (secondary N) is 1. The van der Waals surface area contributed by atoms with Gasteiger partial charge in [-0.2, -0.15) is 10.2 Å². The van der Waals surface area contributed by atoms with Crippen molar-refractivity contribution in [3.8, 4) is 0 Å². The van der Waals surface area contributed by atoms with Crippen LogP contribution in [0.15, 0.2) is 12.4 Å². The maximum Gasteiger partial charge on any atom is 0.269 e. The lowest BCUT2D eigenvalue weighted by atomic mass is 10.2. The summed E-state index contributed by atoms with van der Waals surface area (Å²) in [5.41, 5.74) is 6.47. The quantitative estimate of drug-likeness (QED) is 0.865. The molecule has 0 aliphatic carbocycles. The summed E-state index contributed by atoms with van der Waals surface area (Å²) >= 11 is 5.94. The van der Waals surface area contributed by atoms with Gasteiger partial charge in [-0.25, -0.2) is 0 Å². The van der Waals surface area contributed by atoms with Crippen LogP contribution in [0.1, 0.15) is 36.1 Å². The van der Waals surface area contributed by atoms with Crippen molar-refractivity contribution in [3.63, 3.8) is 0 Å². The number of nitrogens with zero attached hydrogens (tertiary/aromatic N) is 4. The Morgan fingerprint density at radius 2 is 2.09 bits per heavy atom. The van der Waals surface area contributed by atoms with Crippen LogP contribution in [0.5, 0.6) is 0 Å². The third-order valence-corrected chi connectivity index (χ3v) is 3.73. The van der Waals surface area contributed by atoms with E-state index in [2.05, 4.69) is 15.5 Å². The normalized spacial score (nSPS) is 12.2. The standard InChI is InChI=1S/C13H17ClN6O2/c1-4-19-11(12(15)21)10(6-16-19)18-13(22)8(3)20-7(2)9(14)5-17-20/h5-6,8H,4H2,1-3H3,(H2,15,21)(H,18,22)/t8-/m1/s1. The van der Waals surface area contributed by atoms with E-state index in [9.17, 15) is 9.59 Å². The summed E-state index contributed by atoms with van der Waals surface area (Å²) in [6.07, 6.45) is 2.88. The van der Waals surface area contributed by atoms with E-state index in [-0.39, 0.29) is 17.3 Å². The van der Waals surface area contributed by atoms with Gasteiger partial charge in [0.05, 0.1) is 28.8 Å². The summed E-state index contributed by atoms with van der Waals surface area (Å²) in [7, 11) is 0. The van der Waals surface area contributed by atoms with Crippen molar-refractivity contribution in [3.05, 3.63) is 28.8 Å². The number of hydrogen-bond donors (Lipinski definition) is 2. The molecule has 0 unspecified atom stereocenters.